The number of rotatable bonds is 3. The molecule has 1 N–H and O–H groups in total. The minimum Gasteiger partial charge on any atom is -0.384 e. The van der Waals surface area contributed by atoms with Crippen LogP contribution in [0.15, 0.2) is 16.9 Å². The second kappa shape index (κ2) is 7.69. The molecule has 3 heterocycles. The van der Waals surface area contributed by atoms with Gasteiger partial charge in [-0.2, -0.15) is 4.36 Å². The zero-order chi connectivity index (χ0) is 19.7. The number of aryl methyl sites for hydroxylation is 1. The Bertz CT molecular complexity index is 826. The predicted octanol–water partition coefficient (Wildman–Crippen LogP) is -0.271. The van der Waals surface area contributed by atoms with Crippen molar-refractivity contribution in [1.82, 2.24) is 14.5 Å². The van der Waals surface area contributed by atoms with E-state index in [9.17, 15) is 18.9 Å². The first-order valence-electron chi connectivity index (χ1n) is 9.03. The smallest absolute Gasteiger partial charge is 0.259 e. The molecule has 2 amide bonds. The lowest BCUT2D eigenvalue weighted by Crippen LogP contribution is -2.57. The fourth-order valence-electron chi connectivity index (χ4n) is 3.54. The van der Waals surface area contributed by atoms with Crippen LogP contribution in [0.3, 0.4) is 0 Å². The lowest BCUT2D eigenvalue weighted by molar-refractivity contribution is -0.158. The van der Waals surface area contributed by atoms with Crippen molar-refractivity contribution in [3.63, 3.8) is 0 Å². The number of ether oxygens (including phenoxy) is 1. The highest BCUT2D eigenvalue weighted by atomic mass is 32.2. The van der Waals surface area contributed by atoms with E-state index in [-0.39, 0.29) is 23.8 Å². The third-order valence-corrected chi connectivity index (χ3v) is 7.41. The molecule has 1 aromatic heterocycles. The number of aliphatic hydroxyl groups is 1. The molecule has 9 nitrogen and oxygen atoms in total. The summed E-state index contributed by atoms with van der Waals surface area (Å²) in [5.74, 6) is -0.197. The molecule has 2 aliphatic heterocycles. The van der Waals surface area contributed by atoms with E-state index < -0.39 is 27.3 Å². The van der Waals surface area contributed by atoms with Gasteiger partial charge in [-0.1, -0.05) is 0 Å². The Morgan fingerprint density at radius 3 is 2.74 bits per heavy atom. The molecule has 27 heavy (non-hydrogen) atoms. The Morgan fingerprint density at radius 2 is 2.15 bits per heavy atom. The van der Waals surface area contributed by atoms with Gasteiger partial charge >= 0.3 is 0 Å². The van der Waals surface area contributed by atoms with Crippen LogP contribution in [-0.2, 0) is 37.5 Å². The SMILES string of the molecule is C[C@H](O)C(=O)N1CCOC2(CCS(=O)(=NC(=O)Cc3cncn3C)CC2)C1. The monoisotopic (exact) mass is 398 g/mol. The van der Waals surface area contributed by atoms with Crippen LogP contribution in [0.25, 0.3) is 0 Å². The Morgan fingerprint density at radius 1 is 1.44 bits per heavy atom. The zero-order valence-electron chi connectivity index (χ0n) is 15.7. The number of hydrogen-bond donors (Lipinski definition) is 1. The molecule has 0 radical (unpaired) electrons. The van der Waals surface area contributed by atoms with Gasteiger partial charge in [0.2, 0.25) is 0 Å². The van der Waals surface area contributed by atoms with Gasteiger partial charge in [0.1, 0.15) is 6.10 Å². The summed E-state index contributed by atoms with van der Waals surface area (Å²) >= 11 is 0. The average Bonchev–Trinajstić information content (AvgIpc) is 3.02. The fourth-order valence-corrected chi connectivity index (χ4v) is 5.74. The summed E-state index contributed by atoms with van der Waals surface area (Å²) in [5, 5.41) is 9.53. The van der Waals surface area contributed by atoms with Crippen LogP contribution in [0.1, 0.15) is 25.5 Å². The van der Waals surface area contributed by atoms with Gasteiger partial charge in [-0.15, -0.1) is 0 Å². The third-order valence-electron chi connectivity index (χ3n) is 5.19. The van der Waals surface area contributed by atoms with Gasteiger partial charge in [-0.3, -0.25) is 9.59 Å². The van der Waals surface area contributed by atoms with Crippen molar-refractivity contribution >= 4 is 21.5 Å². The van der Waals surface area contributed by atoms with Crippen molar-refractivity contribution in [1.29, 1.82) is 0 Å². The summed E-state index contributed by atoms with van der Waals surface area (Å²) in [4.78, 5) is 29.9. The third kappa shape index (κ3) is 4.56. The van der Waals surface area contributed by atoms with Crippen LogP contribution >= 0.6 is 0 Å². The van der Waals surface area contributed by atoms with Crippen LogP contribution in [0.5, 0.6) is 0 Å². The number of aliphatic hydroxyl groups excluding tert-OH is 1. The quantitative estimate of drug-likeness (QED) is 0.750. The van der Waals surface area contributed by atoms with Gasteiger partial charge in [0.25, 0.3) is 11.8 Å². The molecule has 1 atom stereocenters. The molecule has 0 unspecified atom stereocenters. The second-order valence-corrected chi connectivity index (χ2v) is 9.85. The fraction of sp³-hybridized carbons (Fsp3) is 0.706. The summed E-state index contributed by atoms with van der Waals surface area (Å²) in [6.45, 7) is 2.64. The second-order valence-electron chi connectivity index (χ2n) is 7.31. The molecule has 0 aromatic carbocycles. The zero-order valence-corrected chi connectivity index (χ0v) is 16.5. The first kappa shape index (κ1) is 20.0. The number of morpholine rings is 1. The first-order chi connectivity index (χ1) is 12.7. The highest BCUT2D eigenvalue weighted by Crippen LogP contribution is 2.32. The largest absolute Gasteiger partial charge is 0.384 e. The standard InChI is InChI=1S/C17H26N4O5S/c1-13(22)16(24)21-5-6-26-17(11-21)3-7-27(25,8-4-17)19-15(23)9-14-10-18-12-20(14)2/h10,12-13,22H,3-9,11H2,1-2H3/t13-,17?,27?/m0/s1. The maximum Gasteiger partial charge on any atom is 0.259 e. The number of hydrogen-bond acceptors (Lipinski definition) is 6. The summed E-state index contributed by atoms with van der Waals surface area (Å²) in [6.07, 6.45) is 3.17. The molecular formula is C17H26N4O5S. The minimum atomic E-state index is -2.62. The van der Waals surface area contributed by atoms with Gasteiger partial charge in [0.15, 0.2) is 0 Å². The first-order valence-corrected chi connectivity index (χ1v) is 10.9. The van der Waals surface area contributed by atoms with E-state index in [1.165, 1.54) is 6.92 Å². The highest BCUT2D eigenvalue weighted by molar-refractivity contribution is 7.93. The molecule has 2 fully saturated rings. The van der Waals surface area contributed by atoms with Crippen LogP contribution in [-0.4, -0.2) is 78.5 Å². The van der Waals surface area contributed by atoms with Crippen molar-refractivity contribution in [3.8, 4) is 0 Å². The van der Waals surface area contributed by atoms with Gasteiger partial charge in [-0.05, 0) is 19.8 Å². The molecule has 10 heteroatoms. The van der Waals surface area contributed by atoms with Crippen molar-refractivity contribution in [2.24, 2.45) is 11.4 Å². The van der Waals surface area contributed by atoms with Crippen LogP contribution in [0, 0.1) is 0 Å². The lowest BCUT2D eigenvalue weighted by atomic mass is 9.94. The maximum absolute atomic E-state index is 13.0. The number of aromatic nitrogens is 2. The van der Waals surface area contributed by atoms with Crippen LogP contribution < -0.4 is 0 Å². The normalized spacial score (nSPS) is 29.5. The van der Waals surface area contributed by atoms with Gasteiger partial charge in [0.05, 0.1) is 34.7 Å². The van der Waals surface area contributed by atoms with Crippen molar-refractivity contribution in [3.05, 3.63) is 18.2 Å². The molecule has 150 valence electrons. The topological polar surface area (TPSA) is 114 Å². The van der Waals surface area contributed by atoms with E-state index in [0.29, 0.717) is 32.5 Å². The molecule has 1 spiro atoms. The van der Waals surface area contributed by atoms with Crippen LogP contribution in [0.2, 0.25) is 0 Å². The summed E-state index contributed by atoms with van der Waals surface area (Å²) < 4.78 is 24.7. The number of carbonyl (C=O) groups excluding carboxylic acids is 2. The van der Waals surface area contributed by atoms with Crippen molar-refractivity contribution < 1.29 is 23.6 Å². The van der Waals surface area contributed by atoms with Gasteiger partial charge in [0, 0.05) is 43.5 Å². The summed E-state index contributed by atoms with van der Waals surface area (Å²) in [5.41, 5.74) is 0.159. The molecule has 0 saturated carbocycles. The van der Waals surface area contributed by atoms with Crippen molar-refractivity contribution in [2.75, 3.05) is 31.2 Å². The maximum atomic E-state index is 13.0. The summed E-state index contributed by atoms with van der Waals surface area (Å²) in [7, 11) is -0.830. The van der Waals surface area contributed by atoms with E-state index in [1.54, 1.807) is 29.0 Å². The van der Waals surface area contributed by atoms with E-state index in [4.69, 9.17) is 4.74 Å². The summed E-state index contributed by atoms with van der Waals surface area (Å²) in [6, 6.07) is 0. The van der Waals surface area contributed by atoms with Gasteiger partial charge < -0.3 is 19.3 Å². The number of carbonyl (C=O) groups is 2. The van der Waals surface area contributed by atoms with E-state index in [0.717, 1.165) is 5.69 Å². The number of nitrogens with zero attached hydrogens (tertiary/aromatic N) is 4. The van der Waals surface area contributed by atoms with E-state index in [2.05, 4.69) is 9.35 Å². The molecule has 1 aromatic rings. The van der Waals surface area contributed by atoms with Gasteiger partial charge in [-0.25, -0.2) is 9.19 Å². The number of amides is 2. The molecule has 0 aliphatic carbocycles. The van der Waals surface area contributed by atoms with Crippen LogP contribution in [0.4, 0.5) is 0 Å². The lowest BCUT2D eigenvalue weighted by Gasteiger charge is -2.45. The van der Waals surface area contributed by atoms with E-state index in [1.807, 2.05) is 0 Å². The molecule has 2 saturated heterocycles. The predicted molar refractivity (Wildman–Crippen MR) is 98.4 cm³/mol. The Balaban J connectivity index is 1.64. The number of imidazole rings is 1. The average molecular weight is 398 g/mol. The Kier molecular flexibility index (Phi) is 5.68. The highest BCUT2D eigenvalue weighted by Gasteiger charge is 2.42. The molecular weight excluding hydrogens is 372 g/mol. The Labute approximate surface area is 158 Å². The van der Waals surface area contributed by atoms with E-state index >= 15 is 0 Å². The van der Waals surface area contributed by atoms with Crippen molar-refractivity contribution in [2.45, 2.75) is 37.9 Å². The molecule has 3 rings (SSSR count). The Hall–Kier alpha value is -1.78. The molecule has 0 bridgehead atoms. The molecule has 2 aliphatic rings. The minimum absolute atomic E-state index is 0.0752.